The van der Waals surface area contributed by atoms with E-state index in [2.05, 4.69) is 234 Å². The number of fused-ring (bicyclic) bond motifs is 15. The van der Waals surface area contributed by atoms with Gasteiger partial charge in [0.05, 0.1) is 27.8 Å². The Bertz CT molecular complexity index is 4180. The molecule has 67 heavy (non-hydrogen) atoms. The lowest BCUT2D eigenvalue weighted by Crippen LogP contribution is -2.36. The van der Waals surface area contributed by atoms with Crippen molar-refractivity contribution in [1.29, 1.82) is 0 Å². The minimum Gasteiger partial charge on any atom is -0.457 e. The van der Waals surface area contributed by atoms with Gasteiger partial charge >= 0.3 is 0 Å². The molecule has 1 spiro atoms. The number of hydrogen-bond acceptors (Lipinski definition) is 3. The lowest BCUT2D eigenvalue weighted by atomic mass is 9.58. The van der Waals surface area contributed by atoms with Gasteiger partial charge in [-0.2, -0.15) is 0 Å². The molecule has 15 rings (SSSR count). The second-order valence-electron chi connectivity index (χ2n) is 17.9. The summed E-state index contributed by atoms with van der Waals surface area (Å²) in [5.74, 6) is 1.76. The van der Waals surface area contributed by atoms with Crippen LogP contribution in [-0.4, -0.2) is 4.57 Å². The molecule has 11 aromatic carbocycles. The molecule has 0 amide bonds. The fourth-order valence-electron chi connectivity index (χ4n) is 11.9. The first-order valence-corrected chi connectivity index (χ1v) is 23.0. The van der Waals surface area contributed by atoms with Crippen molar-refractivity contribution in [2.45, 2.75) is 5.41 Å². The van der Waals surface area contributed by atoms with Gasteiger partial charge in [-0.15, -0.1) is 0 Å². The zero-order valence-corrected chi connectivity index (χ0v) is 36.2. The third-order valence-electron chi connectivity index (χ3n) is 14.6. The second-order valence-corrected chi connectivity index (χ2v) is 17.9. The number of nitrogens with zero attached hydrogens (tertiary/aromatic N) is 2. The molecular formula is C63H38N2O2. The minimum atomic E-state index is -0.630. The average molecular weight is 855 g/mol. The maximum atomic E-state index is 6.74. The summed E-state index contributed by atoms with van der Waals surface area (Å²) in [6.45, 7) is 0. The summed E-state index contributed by atoms with van der Waals surface area (Å²) < 4.78 is 15.6. The smallest absolute Gasteiger partial charge is 0.135 e. The Labute approximate surface area is 385 Å². The quantitative estimate of drug-likeness (QED) is 0.177. The number of hydrogen-bond donors (Lipinski definition) is 0. The molecule has 0 radical (unpaired) electrons. The largest absolute Gasteiger partial charge is 0.457 e. The Hall–Kier alpha value is -8.86. The van der Waals surface area contributed by atoms with Gasteiger partial charge in [-0.25, -0.2) is 0 Å². The molecule has 2 aliphatic rings. The number of aromatic nitrogens is 1. The van der Waals surface area contributed by atoms with E-state index in [-0.39, 0.29) is 0 Å². The van der Waals surface area contributed by atoms with Gasteiger partial charge in [0.1, 0.15) is 22.7 Å². The lowest BCUT2D eigenvalue weighted by Gasteiger charge is -2.45. The van der Waals surface area contributed by atoms with Gasteiger partial charge in [-0.1, -0.05) is 158 Å². The van der Waals surface area contributed by atoms with Crippen molar-refractivity contribution in [2.75, 3.05) is 4.90 Å². The van der Waals surface area contributed by atoms with Crippen LogP contribution >= 0.6 is 0 Å². The maximum Gasteiger partial charge on any atom is 0.135 e. The summed E-state index contributed by atoms with van der Waals surface area (Å²) in [5.41, 5.74) is 15.1. The molecule has 0 unspecified atom stereocenters. The van der Waals surface area contributed by atoms with Crippen LogP contribution < -0.4 is 9.64 Å². The standard InChI is InChI=1S/C63H38N2O2/c1-2-17-42-39(15-1)16-13-27-54(42)65-55-26-9-4-19-44(55)48-37-40(31-34-57(48)65)64(41-32-36-59-49(38-41)45-20-5-10-28-58(45)66-59)56-35-33-46-43-18-3-6-22-50(43)63(53-25-14-21-47(56)62(46)53)51-23-7-11-29-60(51)67-61-30-12-8-24-52(61)63/h1-38H. The van der Waals surface area contributed by atoms with Crippen molar-refractivity contribution in [2.24, 2.45) is 0 Å². The van der Waals surface area contributed by atoms with E-state index in [1.165, 1.54) is 65.8 Å². The Kier molecular flexibility index (Phi) is 7.40. The predicted molar refractivity (Wildman–Crippen MR) is 275 cm³/mol. The van der Waals surface area contributed by atoms with Gasteiger partial charge in [0.15, 0.2) is 0 Å². The fraction of sp³-hybridized carbons (Fsp3) is 0.0159. The number of furan rings is 1. The first-order valence-electron chi connectivity index (χ1n) is 23.0. The minimum absolute atomic E-state index is 0.630. The molecule has 2 aromatic heterocycles. The maximum absolute atomic E-state index is 6.74. The lowest BCUT2D eigenvalue weighted by molar-refractivity contribution is 0.435. The molecule has 0 saturated heterocycles. The van der Waals surface area contributed by atoms with Crippen molar-refractivity contribution in [3.63, 3.8) is 0 Å². The van der Waals surface area contributed by atoms with Crippen molar-refractivity contribution < 1.29 is 9.15 Å². The van der Waals surface area contributed by atoms with Gasteiger partial charge in [0.25, 0.3) is 0 Å². The summed E-state index contributed by atoms with van der Waals surface area (Å²) in [5, 5.41) is 9.41. The molecule has 0 saturated carbocycles. The van der Waals surface area contributed by atoms with E-state index in [1.54, 1.807) is 0 Å². The van der Waals surface area contributed by atoms with Gasteiger partial charge in [0, 0.05) is 54.8 Å². The van der Waals surface area contributed by atoms with Crippen molar-refractivity contribution in [3.05, 3.63) is 253 Å². The van der Waals surface area contributed by atoms with Gasteiger partial charge in [0.2, 0.25) is 0 Å². The normalized spacial score (nSPS) is 13.3. The van der Waals surface area contributed by atoms with Crippen LogP contribution in [0.2, 0.25) is 0 Å². The molecule has 13 aromatic rings. The number of ether oxygens (including phenoxy) is 1. The highest BCUT2D eigenvalue weighted by Crippen LogP contribution is 2.62. The second kappa shape index (κ2) is 13.6. The van der Waals surface area contributed by atoms with Gasteiger partial charge in [-0.05, 0) is 106 Å². The van der Waals surface area contributed by atoms with Crippen LogP contribution in [0.15, 0.2) is 235 Å². The predicted octanol–water partition coefficient (Wildman–Crippen LogP) is 16.9. The van der Waals surface area contributed by atoms with Crippen LogP contribution in [0, 0.1) is 0 Å². The zero-order valence-electron chi connectivity index (χ0n) is 36.2. The molecule has 0 bridgehead atoms. The summed E-state index contributed by atoms with van der Waals surface area (Å²) >= 11 is 0. The SMILES string of the molecule is c1ccc2c(c1)Oc1ccccc1C21c2ccccc2-c2ccc(N(c3ccc4oc5ccccc5c4c3)c3ccc4c(c3)c3ccccc3n4-c3cccc4ccccc34)c3cccc1c23. The summed E-state index contributed by atoms with van der Waals surface area (Å²) in [6.07, 6.45) is 0. The molecule has 312 valence electrons. The Morgan fingerprint density at radius 3 is 1.82 bits per heavy atom. The van der Waals surface area contributed by atoms with Gasteiger partial charge in [-0.3, -0.25) is 0 Å². The Balaban J connectivity index is 1.04. The zero-order chi connectivity index (χ0) is 43.8. The fourth-order valence-corrected chi connectivity index (χ4v) is 11.9. The molecule has 3 heterocycles. The van der Waals surface area contributed by atoms with Gasteiger partial charge < -0.3 is 18.6 Å². The molecule has 0 atom stereocenters. The van der Waals surface area contributed by atoms with Crippen LogP contribution in [0.25, 0.3) is 82.1 Å². The first-order chi connectivity index (χ1) is 33.2. The number of rotatable bonds is 4. The molecule has 1 aliphatic heterocycles. The molecule has 0 fully saturated rings. The number of anilines is 3. The van der Waals surface area contributed by atoms with Crippen molar-refractivity contribution in [3.8, 4) is 28.3 Å². The van der Waals surface area contributed by atoms with Crippen LogP contribution in [-0.2, 0) is 5.41 Å². The van der Waals surface area contributed by atoms with Crippen LogP contribution in [0.5, 0.6) is 11.5 Å². The highest BCUT2D eigenvalue weighted by molar-refractivity contribution is 6.15. The number of benzene rings is 11. The molecule has 4 heteroatoms. The number of para-hydroxylation sites is 4. The molecule has 0 N–H and O–H groups in total. The Morgan fingerprint density at radius 2 is 0.970 bits per heavy atom. The van der Waals surface area contributed by atoms with E-state index in [9.17, 15) is 0 Å². The monoisotopic (exact) mass is 854 g/mol. The summed E-state index contributed by atoms with van der Waals surface area (Å²) in [6, 6.07) is 84.0. The summed E-state index contributed by atoms with van der Waals surface area (Å²) in [4.78, 5) is 2.46. The highest BCUT2D eigenvalue weighted by Gasteiger charge is 2.49. The van der Waals surface area contributed by atoms with E-state index in [0.29, 0.717) is 0 Å². The Morgan fingerprint density at radius 1 is 0.373 bits per heavy atom. The summed E-state index contributed by atoms with van der Waals surface area (Å²) in [7, 11) is 0. The highest BCUT2D eigenvalue weighted by atomic mass is 16.5. The van der Waals surface area contributed by atoms with Crippen molar-refractivity contribution >= 4 is 82.4 Å². The molecule has 4 nitrogen and oxygen atoms in total. The molecular weight excluding hydrogens is 817 g/mol. The third-order valence-corrected chi connectivity index (χ3v) is 14.6. The van der Waals surface area contributed by atoms with Crippen molar-refractivity contribution in [1.82, 2.24) is 4.57 Å². The van der Waals surface area contributed by atoms with E-state index >= 15 is 0 Å². The van der Waals surface area contributed by atoms with E-state index in [1.807, 2.05) is 6.07 Å². The van der Waals surface area contributed by atoms with E-state index in [4.69, 9.17) is 9.15 Å². The van der Waals surface area contributed by atoms with Crippen LogP contribution in [0.4, 0.5) is 17.1 Å². The van der Waals surface area contributed by atoms with Crippen LogP contribution in [0.1, 0.15) is 22.3 Å². The third kappa shape index (κ3) is 4.91. The average Bonchev–Trinajstić information content (AvgIpc) is 3.93. The van der Waals surface area contributed by atoms with E-state index < -0.39 is 5.41 Å². The topological polar surface area (TPSA) is 30.5 Å². The van der Waals surface area contributed by atoms with E-state index in [0.717, 1.165) is 67.1 Å². The first kappa shape index (κ1) is 36.5. The molecule has 1 aliphatic carbocycles. The van der Waals surface area contributed by atoms with Crippen LogP contribution in [0.3, 0.4) is 0 Å².